The Morgan fingerprint density at radius 2 is 2.06 bits per heavy atom. The lowest BCUT2D eigenvalue weighted by Gasteiger charge is -2.06. The third-order valence-corrected chi connectivity index (χ3v) is 2.00. The molecule has 0 fully saturated rings. The Balaban J connectivity index is 2.84. The van der Waals surface area contributed by atoms with Crippen LogP contribution in [0.4, 0.5) is 0 Å². The molecule has 90 valence electrons. The number of carbonyl (C=O) groups excluding carboxylic acids is 1. The molecule has 17 heavy (non-hydrogen) atoms. The van der Waals surface area contributed by atoms with Gasteiger partial charge in [-0.1, -0.05) is 25.1 Å². The minimum absolute atomic E-state index is 0.316. The van der Waals surface area contributed by atoms with Gasteiger partial charge in [-0.15, -0.1) is 0 Å². The zero-order chi connectivity index (χ0) is 12.7. The van der Waals surface area contributed by atoms with Crippen molar-refractivity contribution in [2.24, 2.45) is 0 Å². The van der Waals surface area contributed by atoms with Gasteiger partial charge in [-0.05, 0) is 18.6 Å². The molecule has 1 N–H and O–H groups in total. The van der Waals surface area contributed by atoms with E-state index in [-0.39, 0.29) is 5.97 Å². The van der Waals surface area contributed by atoms with Crippen molar-refractivity contribution in [3.63, 3.8) is 0 Å². The normalized spacial score (nSPS) is 10.4. The van der Waals surface area contributed by atoms with Crippen LogP contribution in [0.3, 0.4) is 0 Å². The molecule has 0 heterocycles. The van der Waals surface area contributed by atoms with Crippen LogP contribution >= 0.6 is 0 Å². The summed E-state index contributed by atoms with van der Waals surface area (Å²) in [5.74, 6) is -0.980. The molecule has 0 aliphatic carbocycles. The van der Waals surface area contributed by atoms with Gasteiger partial charge in [0.15, 0.2) is 0 Å². The van der Waals surface area contributed by atoms with E-state index >= 15 is 0 Å². The van der Waals surface area contributed by atoms with Crippen LogP contribution in [0.15, 0.2) is 30.3 Å². The van der Waals surface area contributed by atoms with Crippen LogP contribution in [-0.2, 0) is 9.59 Å². The number of rotatable bonds is 5. The van der Waals surface area contributed by atoms with Crippen molar-refractivity contribution in [3.8, 4) is 5.75 Å². The maximum Gasteiger partial charge on any atom is 0.328 e. The van der Waals surface area contributed by atoms with Gasteiger partial charge in [-0.25, -0.2) is 4.79 Å². The van der Waals surface area contributed by atoms with E-state index in [1.165, 1.54) is 6.08 Å². The van der Waals surface area contributed by atoms with Crippen molar-refractivity contribution < 1.29 is 19.4 Å². The molecular weight excluding hydrogens is 220 g/mol. The molecule has 1 aromatic carbocycles. The fourth-order valence-electron chi connectivity index (χ4n) is 1.25. The first-order valence-electron chi connectivity index (χ1n) is 5.34. The summed E-state index contributed by atoms with van der Waals surface area (Å²) < 4.78 is 5.14. The van der Waals surface area contributed by atoms with E-state index < -0.39 is 5.97 Å². The highest BCUT2D eigenvalue weighted by Crippen LogP contribution is 2.20. The highest BCUT2D eigenvalue weighted by Gasteiger charge is 2.06. The van der Waals surface area contributed by atoms with Crippen LogP contribution in [0.5, 0.6) is 5.75 Å². The highest BCUT2D eigenvalue weighted by molar-refractivity contribution is 5.86. The molecule has 0 atom stereocenters. The fraction of sp³-hybridized carbons (Fsp3) is 0.231. The molecule has 0 saturated carbocycles. The smallest absolute Gasteiger partial charge is 0.328 e. The molecule has 0 aliphatic heterocycles. The Morgan fingerprint density at radius 3 is 2.71 bits per heavy atom. The predicted molar refractivity (Wildman–Crippen MR) is 63.7 cm³/mol. The van der Waals surface area contributed by atoms with Crippen LogP contribution in [0.2, 0.25) is 0 Å². The second-order valence-corrected chi connectivity index (χ2v) is 3.43. The number of hydrogen-bond donors (Lipinski definition) is 1. The molecule has 0 aromatic heterocycles. The number of carboxylic acids is 1. The van der Waals surface area contributed by atoms with Crippen molar-refractivity contribution >= 4 is 18.0 Å². The third-order valence-electron chi connectivity index (χ3n) is 2.00. The van der Waals surface area contributed by atoms with E-state index in [0.29, 0.717) is 24.2 Å². The minimum Gasteiger partial charge on any atom is -0.478 e. The molecule has 0 aliphatic rings. The van der Waals surface area contributed by atoms with Crippen molar-refractivity contribution in [1.82, 2.24) is 0 Å². The van der Waals surface area contributed by atoms with E-state index in [9.17, 15) is 9.59 Å². The lowest BCUT2D eigenvalue weighted by atomic mass is 10.2. The Kier molecular flexibility index (Phi) is 4.94. The summed E-state index contributed by atoms with van der Waals surface area (Å²) in [7, 11) is 0. The Labute approximate surface area is 99.5 Å². The largest absolute Gasteiger partial charge is 0.478 e. The number of para-hydroxylation sites is 1. The summed E-state index contributed by atoms with van der Waals surface area (Å²) in [5, 5.41) is 8.54. The van der Waals surface area contributed by atoms with Gasteiger partial charge in [0.1, 0.15) is 5.75 Å². The molecule has 1 rings (SSSR count). The summed E-state index contributed by atoms with van der Waals surface area (Å²) in [4.78, 5) is 21.8. The first-order chi connectivity index (χ1) is 8.13. The van der Waals surface area contributed by atoms with Crippen LogP contribution in [0, 0.1) is 0 Å². The zero-order valence-corrected chi connectivity index (χ0v) is 9.55. The van der Waals surface area contributed by atoms with Crippen LogP contribution in [0.25, 0.3) is 6.08 Å². The van der Waals surface area contributed by atoms with E-state index in [1.807, 2.05) is 6.92 Å². The molecule has 0 saturated heterocycles. The Hall–Kier alpha value is -2.10. The summed E-state index contributed by atoms with van der Waals surface area (Å²) >= 11 is 0. The molecule has 0 unspecified atom stereocenters. The van der Waals surface area contributed by atoms with Gasteiger partial charge in [-0.2, -0.15) is 0 Å². The van der Waals surface area contributed by atoms with Crippen molar-refractivity contribution in [1.29, 1.82) is 0 Å². The van der Waals surface area contributed by atoms with Crippen molar-refractivity contribution in [2.75, 3.05) is 0 Å². The fourth-order valence-corrected chi connectivity index (χ4v) is 1.25. The molecular formula is C13H14O4. The maximum absolute atomic E-state index is 11.3. The van der Waals surface area contributed by atoms with Gasteiger partial charge in [0.05, 0.1) is 0 Å². The number of carboxylic acid groups (broad SMARTS) is 1. The first kappa shape index (κ1) is 13.0. The number of esters is 1. The van der Waals surface area contributed by atoms with E-state index in [4.69, 9.17) is 9.84 Å². The van der Waals surface area contributed by atoms with Crippen LogP contribution in [-0.4, -0.2) is 17.0 Å². The molecule has 0 bridgehead atoms. The highest BCUT2D eigenvalue weighted by atomic mass is 16.5. The van der Waals surface area contributed by atoms with Crippen LogP contribution < -0.4 is 4.74 Å². The topological polar surface area (TPSA) is 63.6 Å². The Morgan fingerprint density at radius 1 is 1.35 bits per heavy atom. The van der Waals surface area contributed by atoms with Gasteiger partial charge < -0.3 is 9.84 Å². The van der Waals surface area contributed by atoms with Crippen molar-refractivity contribution in [3.05, 3.63) is 35.9 Å². The predicted octanol–water partition coefficient (Wildman–Crippen LogP) is 2.49. The van der Waals surface area contributed by atoms with Gasteiger partial charge in [-0.3, -0.25) is 4.79 Å². The molecule has 4 heteroatoms. The van der Waals surface area contributed by atoms with Gasteiger partial charge in [0.2, 0.25) is 0 Å². The third kappa shape index (κ3) is 4.51. The average Bonchev–Trinajstić information content (AvgIpc) is 2.28. The lowest BCUT2D eigenvalue weighted by Crippen LogP contribution is -2.07. The molecule has 0 amide bonds. The second-order valence-electron chi connectivity index (χ2n) is 3.43. The van der Waals surface area contributed by atoms with Gasteiger partial charge in [0.25, 0.3) is 0 Å². The number of carbonyl (C=O) groups is 2. The monoisotopic (exact) mass is 234 g/mol. The lowest BCUT2D eigenvalue weighted by molar-refractivity contribution is -0.134. The number of benzene rings is 1. The van der Waals surface area contributed by atoms with Gasteiger partial charge >= 0.3 is 11.9 Å². The van der Waals surface area contributed by atoms with Gasteiger partial charge in [0, 0.05) is 18.1 Å². The van der Waals surface area contributed by atoms with E-state index in [1.54, 1.807) is 24.3 Å². The molecule has 0 spiro atoms. The molecule has 4 nitrogen and oxygen atoms in total. The zero-order valence-electron chi connectivity index (χ0n) is 9.55. The molecule has 0 radical (unpaired) electrons. The van der Waals surface area contributed by atoms with Crippen LogP contribution in [0.1, 0.15) is 25.3 Å². The standard InChI is InChI=1S/C13H14O4/c1-2-5-13(16)17-11-7-4-3-6-10(11)8-9-12(14)15/h3-4,6-9H,2,5H2,1H3,(H,14,15). The summed E-state index contributed by atoms with van der Waals surface area (Å²) in [5.41, 5.74) is 0.569. The Bertz CT molecular complexity index is 435. The van der Waals surface area contributed by atoms with Crippen molar-refractivity contribution in [2.45, 2.75) is 19.8 Å². The van der Waals surface area contributed by atoms with E-state index in [0.717, 1.165) is 6.08 Å². The summed E-state index contributed by atoms with van der Waals surface area (Å²) in [6.07, 6.45) is 3.46. The average molecular weight is 234 g/mol. The number of hydrogen-bond acceptors (Lipinski definition) is 3. The minimum atomic E-state index is -1.04. The first-order valence-corrected chi connectivity index (χ1v) is 5.34. The summed E-state index contributed by atoms with van der Waals surface area (Å²) in [6.45, 7) is 1.89. The maximum atomic E-state index is 11.3. The molecule has 1 aromatic rings. The number of ether oxygens (including phenoxy) is 1. The summed E-state index contributed by atoms with van der Waals surface area (Å²) in [6, 6.07) is 6.80. The SMILES string of the molecule is CCCC(=O)Oc1ccccc1C=CC(=O)O. The van der Waals surface area contributed by atoms with E-state index in [2.05, 4.69) is 0 Å². The quantitative estimate of drug-likeness (QED) is 0.483. The second kappa shape index (κ2) is 6.48. The number of aliphatic carboxylic acids is 1.